The Balaban J connectivity index is 6.10. The molecule has 0 aliphatic carbocycles. The summed E-state index contributed by atoms with van der Waals surface area (Å²) < 4.78 is 2.79. The van der Waals surface area contributed by atoms with Gasteiger partial charge in [0, 0.05) is 0 Å². The molecule has 0 radical (unpaired) electrons. The van der Waals surface area contributed by atoms with E-state index < -0.39 is 0 Å². The van der Waals surface area contributed by atoms with Crippen molar-refractivity contribution in [3.63, 3.8) is 0 Å². The van der Waals surface area contributed by atoms with Gasteiger partial charge < -0.3 is 0 Å². The molecule has 158 valence electrons. The molecule has 0 heterocycles. The number of nitrogens with zero attached hydrogens (tertiary/aromatic N) is 2. The van der Waals surface area contributed by atoms with Gasteiger partial charge in [-0.1, -0.05) is 61.3 Å². The lowest BCUT2D eigenvalue weighted by molar-refractivity contribution is -1.13. The van der Waals surface area contributed by atoms with Crippen LogP contribution in [0.5, 0.6) is 0 Å². The Kier molecular flexibility index (Phi) is 14.9. The fourth-order valence-corrected chi connectivity index (χ4v) is 5.88. The minimum absolute atomic E-state index is 0.821. The van der Waals surface area contributed by atoms with E-state index in [0.717, 1.165) is 6.17 Å². The van der Waals surface area contributed by atoms with Crippen LogP contribution in [0.2, 0.25) is 0 Å². The maximum atomic E-state index is 2.41. The standard InChI is InChI=1S/C24H54N2/c1-8-15-16-17-24(25(18-9-2,19-10-3)20-11-4)26(21-12-5,22-13-6)23-14-7/h24H,8-23H2,1-7H3/q+2. The third kappa shape index (κ3) is 7.50. The van der Waals surface area contributed by atoms with Crippen molar-refractivity contribution in [3.8, 4) is 0 Å². The van der Waals surface area contributed by atoms with Crippen molar-refractivity contribution in [2.24, 2.45) is 0 Å². The van der Waals surface area contributed by atoms with E-state index >= 15 is 0 Å². The summed E-state index contributed by atoms with van der Waals surface area (Å²) in [6, 6.07) is 0. The van der Waals surface area contributed by atoms with Crippen LogP contribution >= 0.6 is 0 Å². The lowest BCUT2D eigenvalue weighted by atomic mass is 10.0. The molecule has 0 rings (SSSR count). The number of unbranched alkanes of at least 4 members (excludes halogenated alkanes) is 2. The highest BCUT2D eigenvalue weighted by molar-refractivity contribution is 4.59. The van der Waals surface area contributed by atoms with Crippen LogP contribution in [0, 0.1) is 0 Å². The molecule has 2 heteroatoms. The zero-order chi connectivity index (χ0) is 19.9. The monoisotopic (exact) mass is 370 g/mol. The van der Waals surface area contributed by atoms with E-state index in [1.54, 1.807) is 0 Å². The van der Waals surface area contributed by atoms with E-state index in [9.17, 15) is 0 Å². The summed E-state index contributed by atoms with van der Waals surface area (Å²) in [6.45, 7) is 25.1. The van der Waals surface area contributed by atoms with Gasteiger partial charge in [-0.25, -0.2) is 0 Å². The van der Waals surface area contributed by atoms with Gasteiger partial charge in [0.25, 0.3) is 0 Å². The summed E-state index contributed by atoms with van der Waals surface area (Å²) in [6.07, 6.45) is 14.4. The first-order valence-corrected chi connectivity index (χ1v) is 12.3. The van der Waals surface area contributed by atoms with Gasteiger partial charge in [-0.3, -0.25) is 8.97 Å². The fourth-order valence-electron chi connectivity index (χ4n) is 5.88. The zero-order valence-corrected chi connectivity index (χ0v) is 19.8. The Morgan fingerprint density at radius 1 is 0.423 bits per heavy atom. The Morgan fingerprint density at radius 3 is 0.962 bits per heavy atom. The summed E-state index contributed by atoms with van der Waals surface area (Å²) in [5.74, 6) is 0. The van der Waals surface area contributed by atoms with E-state index in [4.69, 9.17) is 0 Å². The molecule has 0 amide bonds. The van der Waals surface area contributed by atoms with E-state index in [1.807, 2.05) is 0 Å². The second-order valence-electron chi connectivity index (χ2n) is 8.76. The first-order chi connectivity index (χ1) is 12.6. The number of quaternary nitrogens is 2. The maximum Gasteiger partial charge on any atom is 0.216 e. The Hall–Kier alpha value is -0.0800. The minimum atomic E-state index is 0.821. The van der Waals surface area contributed by atoms with E-state index in [1.165, 1.54) is 112 Å². The average molecular weight is 371 g/mol. The molecule has 0 saturated carbocycles. The quantitative estimate of drug-likeness (QED) is 0.139. The van der Waals surface area contributed by atoms with Crippen molar-refractivity contribution in [3.05, 3.63) is 0 Å². The Labute approximate surface area is 167 Å². The highest BCUT2D eigenvalue weighted by atomic mass is 15.6. The Morgan fingerprint density at radius 2 is 0.731 bits per heavy atom. The van der Waals surface area contributed by atoms with Gasteiger partial charge in [0.15, 0.2) is 0 Å². The minimum Gasteiger partial charge on any atom is -0.275 e. The van der Waals surface area contributed by atoms with Crippen LogP contribution < -0.4 is 0 Å². The van der Waals surface area contributed by atoms with Gasteiger partial charge >= 0.3 is 0 Å². The highest BCUT2D eigenvalue weighted by Gasteiger charge is 2.48. The van der Waals surface area contributed by atoms with Crippen molar-refractivity contribution in [1.29, 1.82) is 0 Å². The molecule has 0 saturated heterocycles. The lowest BCUT2D eigenvalue weighted by Gasteiger charge is -2.54. The average Bonchev–Trinajstić information content (AvgIpc) is 2.60. The fraction of sp³-hybridized carbons (Fsp3) is 1.00. The third-order valence-corrected chi connectivity index (χ3v) is 6.34. The molecule has 0 fully saturated rings. The second-order valence-corrected chi connectivity index (χ2v) is 8.76. The van der Waals surface area contributed by atoms with Gasteiger partial charge in [-0.2, -0.15) is 0 Å². The van der Waals surface area contributed by atoms with Gasteiger partial charge in [-0.05, 0) is 44.9 Å². The molecule has 0 aromatic heterocycles. The normalized spacial score (nSPS) is 12.9. The van der Waals surface area contributed by atoms with E-state index in [-0.39, 0.29) is 0 Å². The van der Waals surface area contributed by atoms with Crippen molar-refractivity contribution in [2.75, 3.05) is 39.3 Å². The summed E-state index contributed by atoms with van der Waals surface area (Å²) in [5.41, 5.74) is 0. The van der Waals surface area contributed by atoms with Gasteiger partial charge in [0.1, 0.15) is 0 Å². The summed E-state index contributed by atoms with van der Waals surface area (Å²) in [5, 5.41) is 0. The molecule has 0 atom stereocenters. The molecular formula is C24H54N2+2. The van der Waals surface area contributed by atoms with Crippen molar-refractivity contribution >= 4 is 0 Å². The van der Waals surface area contributed by atoms with Crippen LogP contribution in [-0.4, -0.2) is 54.4 Å². The molecule has 0 aliphatic heterocycles. The highest BCUT2D eigenvalue weighted by Crippen LogP contribution is 2.32. The van der Waals surface area contributed by atoms with Gasteiger partial charge in [-0.15, -0.1) is 0 Å². The maximum absolute atomic E-state index is 2.41. The molecular weight excluding hydrogens is 316 g/mol. The van der Waals surface area contributed by atoms with Crippen LogP contribution in [0.3, 0.4) is 0 Å². The Bertz CT molecular complexity index is 253. The predicted molar refractivity (Wildman–Crippen MR) is 119 cm³/mol. The number of hydrogen-bond acceptors (Lipinski definition) is 0. The molecule has 0 spiro atoms. The molecule has 0 aromatic rings. The molecule has 0 N–H and O–H groups in total. The largest absolute Gasteiger partial charge is 0.275 e. The topological polar surface area (TPSA) is 0 Å². The third-order valence-electron chi connectivity index (χ3n) is 6.34. The molecule has 0 aliphatic rings. The second kappa shape index (κ2) is 14.9. The van der Waals surface area contributed by atoms with Crippen molar-refractivity contribution < 1.29 is 8.97 Å². The molecule has 26 heavy (non-hydrogen) atoms. The first-order valence-electron chi connectivity index (χ1n) is 12.3. The van der Waals surface area contributed by atoms with Crippen LogP contribution in [-0.2, 0) is 0 Å². The van der Waals surface area contributed by atoms with Crippen molar-refractivity contribution in [1.82, 2.24) is 0 Å². The van der Waals surface area contributed by atoms with E-state index in [0.29, 0.717) is 0 Å². The van der Waals surface area contributed by atoms with Crippen LogP contribution in [0.4, 0.5) is 0 Å². The molecule has 0 unspecified atom stereocenters. The zero-order valence-electron chi connectivity index (χ0n) is 19.8. The van der Waals surface area contributed by atoms with Gasteiger partial charge in [0.2, 0.25) is 6.17 Å². The lowest BCUT2D eigenvalue weighted by Crippen LogP contribution is -2.71. The summed E-state index contributed by atoms with van der Waals surface area (Å²) >= 11 is 0. The smallest absolute Gasteiger partial charge is 0.216 e. The van der Waals surface area contributed by atoms with Crippen LogP contribution in [0.1, 0.15) is 113 Å². The SMILES string of the molecule is CCCCCC([N+](CCC)(CCC)CCC)[N+](CCC)(CCC)CCC. The van der Waals surface area contributed by atoms with Crippen LogP contribution in [0.25, 0.3) is 0 Å². The molecule has 2 nitrogen and oxygen atoms in total. The van der Waals surface area contributed by atoms with Gasteiger partial charge in [0.05, 0.1) is 45.7 Å². The van der Waals surface area contributed by atoms with E-state index in [2.05, 4.69) is 48.5 Å². The van der Waals surface area contributed by atoms with Crippen LogP contribution in [0.15, 0.2) is 0 Å². The predicted octanol–water partition coefficient (Wildman–Crippen LogP) is 6.99. The number of hydrogen-bond donors (Lipinski definition) is 0. The number of rotatable bonds is 18. The summed E-state index contributed by atoms with van der Waals surface area (Å²) in [4.78, 5) is 0. The first kappa shape index (κ1) is 25.9. The molecule has 0 bridgehead atoms. The summed E-state index contributed by atoms with van der Waals surface area (Å²) in [7, 11) is 0. The molecule has 0 aromatic carbocycles. The van der Waals surface area contributed by atoms with Crippen molar-refractivity contribution in [2.45, 2.75) is 119 Å².